The lowest BCUT2D eigenvalue weighted by molar-refractivity contribution is 0.706. The summed E-state index contributed by atoms with van der Waals surface area (Å²) in [5, 5.41) is 6.63. The maximum atomic E-state index is 4.64. The Labute approximate surface area is 162 Å². The fraction of sp³-hybridized carbons (Fsp3) is 0.444. The molecule has 1 aromatic carbocycles. The highest BCUT2D eigenvalue weighted by Crippen LogP contribution is 2.06. The van der Waals surface area contributed by atoms with Crippen LogP contribution in [0.25, 0.3) is 0 Å². The van der Waals surface area contributed by atoms with Crippen molar-refractivity contribution >= 4 is 29.9 Å². The molecule has 0 bridgehead atoms. The minimum absolute atomic E-state index is 0. The molecular weight excluding hydrogens is 413 g/mol. The van der Waals surface area contributed by atoms with Gasteiger partial charge in [0.15, 0.2) is 5.96 Å². The van der Waals surface area contributed by atoms with Crippen molar-refractivity contribution in [2.24, 2.45) is 4.99 Å². The molecule has 0 atom stereocenters. The number of unbranched alkanes of at least 4 members (excludes halogenated alkanes) is 1. The summed E-state index contributed by atoms with van der Waals surface area (Å²) in [5.74, 6) is 1.83. The van der Waals surface area contributed by atoms with Gasteiger partial charge in [-0.15, -0.1) is 24.0 Å². The maximum absolute atomic E-state index is 4.64. The van der Waals surface area contributed by atoms with E-state index in [-0.39, 0.29) is 24.0 Å². The molecule has 2 N–H and O–H groups in total. The molecule has 5 nitrogen and oxygen atoms in total. The Balaban J connectivity index is 0.00000288. The molecule has 1 aromatic heterocycles. The molecular formula is C18H28IN5. The van der Waals surface area contributed by atoms with E-state index in [1.54, 1.807) is 0 Å². The molecule has 0 spiro atoms. The molecule has 0 aliphatic heterocycles. The van der Waals surface area contributed by atoms with E-state index >= 15 is 0 Å². The number of nitrogens with zero attached hydrogens (tertiary/aromatic N) is 3. The molecule has 2 rings (SSSR count). The van der Waals surface area contributed by atoms with Crippen LogP contribution in [0.3, 0.4) is 0 Å². The SMILES string of the molecule is CCCCNC(=NCc1nccn1Cc1ccccc1)NCC.I. The van der Waals surface area contributed by atoms with E-state index in [0.717, 1.165) is 37.8 Å². The average Bonchev–Trinajstić information content (AvgIpc) is 3.01. The maximum Gasteiger partial charge on any atom is 0.191 e. The van der Waals surface area contributed by atoms with Gasteiger partial charge in [-0.25, -0.2) is 9.98 Å². The highest BCUT2D eigenvalue weighted by Gasteiger charge is 2.04. The molecule has 0 aliphatic rings. The normalized spacial score (nSPS) is 11.0. The molecule has 0 amide bonds. The van der Waals surface area contributed by atoms with Crippen molar-refractivity contribution < 1.29 is 0 Å². The fourth-order valence-electron chi connectivity index (χ4n) is 2.29. The van der Waals surface area contributed by atoms with Crippen LogP contribution in [0, 0.1) is 0 Å². The summed E-state index contributed by atoms with van der Waals surface area (Å²) in [4.78, 5) is 9.08. The van der Waals surface area contributed by atoms with Gasteiger partial charge in [0.25, 0.3) is 0 Å². The first-order valence-corrected chi connectivity index (χ1v) is 8.39. The number of rotatable bonds is 8. The lowest BCUT2D eigenvalue weighted by Gasteiger charge is -2.11. The molecule has 0 saturated heterocycles. The summed E-state index contributed by atoms with van der Waals surface area (Å²) in [6.45, 7) is 7.46. The van der Waals surface area contributed by atoms with Gasteiger partial charge in [-0.1, -0.05) is 43.7 Å². The first-order valence-electron chi connectivity index (χ1n) is 8.39. The number of hydrogen-bond acceptors (Lipinski definition) is 2. The summed E-state index contributed by atoms with van der Waals surface area (Å²) in [5.41, 5.74) is 1.27. The second-order valence-corrected chi connectivity index (χ2v) is 5.43. The van der Waals surface area contributed by atoms with Crippen LogP contribution in [0.5, 0.6) is 0 Å². The number of imidazole rings is 1. The molecule has 0 fully saturated rings. The highest BCUT2D eigenvalue weighted by molar-refractivity contribution is 14.0. The van der Waals surface area contributed by atoms with Crippen molar-refractivity contribution in [3.63, 3.8) is 0 Å². The first-order chi connectivity index (χ1) is 11.3. The van der Waals surface area contributed by atoms with Gasteiger partial charge in [0, 0.05) is 32.0 Å². The molecule has 1 heterocycles. The molecule has 6 heteroatoms. The highest BCUT2D eigenvalue weighted by atomic mass is 127. The number of benzene rings is 1. The van der Waals surface area contributed by atoms with Crippen molar-refractivity contribution in [1.82, 2.24) is 20.2 Å². The van der Waals surface area contributed by atoms with Gasteiger partial charge >= 0.3 is 0 Å². The number of aliphatic imine (C=N–C) groups is 1. The van der Waals surface area contributed by atoms with Crippen molar-refractivity contribution in [2.45, 2.75) is 39.8 Å². The standard InChI is InChI=1S/C18H27N5.HI/c1-3-5-11-21-18(19-4-2)22-14-17-20-12-13-23(17)15-16-9-7-6-8-10-16;/h6-10,12-13H,3-5,11,14-15H2,1-2H3,(H2,19,21,22);1H. The van der Waals surface area contributed by atoms with E-state index in [1.165, 1.54) is 12.0 Å². The monoisotopic (exact) mass is 441 g/mol. The van der Waals surface area contributed by atoms with Gasteiger partial charge in [-0.05, 0) is 18.9 Å². The van der Waals surface area contributed by atoms with Crippen molar-refractivity contribution in [2.75, 3.05) is 13.1 Å². The van der Waals surface area contributed by atoms with Gasteiger partial charge in [-0.2, -0.15) is 0 Å². The second-order valence-electron chi connectivity index (χ2n) is 5.43. The zero-order valence-corrected chi connectivity index (χ0v) is 16.9. The van der Waals surface area contributed by atoms with Crippen molar-refractivity contribution in [3.8, 4) is 0 Å². The lowest BCUT2D eigenvalue weighted by Crippen LogP contribution is -2.37. The summed E-state index contributed by atoms with van der Waals surface area (Å²) in [6, 6.07) is 10.4. The molecule has 2 aromatic rings. The second kappa shape index (κ2) is 11.9. The van der Waals surface area contributed by atoms with E-state index in [0.29, 0.717) is 6.54 Å². The largest absolute Gasteiger partial charge is 0.357 e. The smallest absolute Gasteiger partial charge is 0.191 e. The topological polar surface area (TPSA) is 54.2 Å². The third-order valence-electron chi connectivity index (χ3n) is 3.54. The number of nitrogens with one attached hydrogen (secondary N) is 2. The van der Waals surface area contributed by atoms with Gasteiger partial charge < -0.3 is 15.2 Å². The van der Waals surface area contributed by atoms with Crippen LogP contribution in [-0.4, -0.2) is 28.6 Å². The van der Waals surface area contributed by atoms with Crippen LogP contribution < -0.4 is 10.6 Å². The molecule has 132 valence electrons. The van der Waals surface area contributed by atoms with E-state index in [4.69, 9.17) is 0 Å². The average molecular weight is 441 g/mol. The molecule has 0 unspecified atom stereocenters. The molecule has 24 heavy (non-hydrogen) atoms. The number of guanidine groups is 1. The lowest BCUT2D eigenvalue weighted by atomic mass is 10.2. The number of hydrogen-bond donors (Lipinski definition) is 2. The Morgan fingerprint density at radius 2 is 1.96 bits per heavy atom. The Morgan fingerprint density at radius 1 is 1.17 bits per heavy atom. The molecule has 0 aliphatic carbocycles. The molecule has 0 radical (unpaired) electrons. The number of halogens is 1. The van der Waals surface area contributed by atoms with Crippen molar-refractivity contribution in [3.05, 3.63) is 54.1 Å². The van der Waals surface area contributed by atoms with Crippen LogP contribution in [0.1, 0.15) is 38.1 Å². The van der Waals surface area contributed by atoms with E-state index in [9.17, 15) is 0 Å². The first kappa shape index (κ1) is 20.5. The van der Waals surface area contributed by atoms with E-state index in [2.05, 4.69) is 63.3 Å². The van der Waals surface area contributed by atoms with E-state index in [1.807, 2.05) is 18.5 Å². The summed E-state index contributed by atoms with van der Waals surface area (Å²) in [6.07, 6.45) is 6.17. The minimum atomic E-state index is 0. The Morgan fingerprint density at radius 3 is 2.67 bits per heavy atom. The quantitative estimate of drug-likeness (QED) is 0.286. The van der Waals surface area contributed by atoms with Gasteiger partial charge in [0.05, 0.1) is 0 Å². The summed E-state index contributed by atoms with van der Waals surface area (Å²) in [7, 11) is 0. The Hall–Kier alpha value is -1.57. The molecule has 0 saturated carbocycles. The summed E-state index contributed by atoms with van der Waals surface area (Å²) >= 11 is 0. The predicted molar refractivity (Wildman–Crippen MR) is 111 cm³/mol. The van der Waals surface area contributed by atoms with Crippen LogP contribution in [-0.2, 0) is 13.1 Å². The fourth-order valence-corrected chi connectivity index (χ4v) is 2.29. The zero-order chi connectivity index (χ0) is 16.3. The van der Waals surface area contributed by atoms with Crippen LogP contribution in [0.2, 0.25) is 0 Å². The number of aromatic nitrogens is 2. The Bertz CT molecular complexity index is 594. The van der Waals surface area contributed by atoms with Crippen LogP contribution >= 0.6 is 24.0 Å². The minimum Gasteiger partial charge on any atom is -0.357 e. The Kier molecular flexibility index (Phi) is 10.1. The zero-order valence-electron chi connectivity index (χ0n) is 14.5. The predicted octanol–water partition coefficient (Wildman–Crippen LogP) is 3.40. The summed E-state index contributed by atoms with van der Waals surface area (Å²) < 4.78 is 2.15. The van der Waals surface area contributed by atoms with Crippen LogP contribution in [0.15, 0.2) is 47.7 Å². The van der Waals surface area contributed by atoms with Gasteiger partial charge in [0.1, 0.15) is 12.4 Å². The van der Waals surface area contributed by atoms with Crippen LogP contribution in [0.4, 0.5) is 0 Å². The van der Waals surface area contributed by atoms with Gasteiger partial charge in [-0.3, -0.25) is 0 Å². The van der Waals surface area contributed by atoms with E-state index < -0.39 is 0 Å². The third-order valence-corrected chi connectivity index (χ3v) is 3.54. The van der Waals surface area contributed by atoms with Crippen molar-refractivity contribution in [1.29, 1.82) is 0 Å². The third kappa shape index (κ3) is 6.90. The van der Waals surface area contributed by atoms with Gasteiger partial charge in [0.2, 0.25) is 0 Å².